The zero-order valence-electron chi connectivity index (χ0n) is 12.7. The molecule has 0 amide bonds. The zero-order chi connectivity index (χ0) is 17.6. The number of halogens is 4. The molecule has 4 aromatic rings. The number of para-hydroxylation sites is 1. The maximum atomic E-state index is 13.4. The number of hydrogen-bond acceptors (Lipinski definition) is 2. The first-order valence-corrected chi connectivity index (χ1v) is 9.27. The molecule has 126 valence electrons. The molecule has 0 saturated carbocycles. The lowest BCUT2D eigenvalue weighted by molar-refractivity contribution is -0.137. The van der Waals surface area contributed by atoms with E-state index in [1.807, 2.05) is 65.3 Å². The van der Waals surface area contributed by atoms with E-state index >= 15 is 0 Å². The second-order valence-electron chi connectivity index (χ2n) is 5.55. The summed E-state index contributed by atoms with van der Waals surface area (Å²) in [5.41, 5.74) is 0.263. The summed E-state index contributed by atoms with van der Waals surface area (Å²) in [4.78, 5) is 0. The van der Waals surface area contributed by atoms with E-state index in [9.17, 15) is 13.2 Å². The standard InChI is InChI=1S/C19H11F3INS/c20-19(21,22)14-8-2-3-9-15(14)24(23)16-10-5-7-13-12-6-1-4-11-17(12)25-18(13)16/h1-11H. The quantitative estimate of drug-likeness (QED) is 0.216. The molecule has 0 fully saturated rings. The lowest BCUT2D eigenvalue weighted by Gasteiger charge is -2.22. The molecule has 4 rings (SSSR count). The van der Waals surface area contributed by atoms with Crippen LogP contribution >= 0.6 is 34.2 Å². The average molecular weight is 469 g/mol. The highest BCUT2D eigenvalue weighted by atomic mass is 127. The van der Waals surface area contributed by atoms with E-state index < -0.39 is 11.7 Å². The van der Waals surface area contributed by atoms with Crippen molar-refractivity contribution in [3.05, 3.63) is 72.3 Å². The molecule has 6 heteroatoms. The van der Waals surface area contributed by atoms with Gasteiger partial charge < -0.3 is 0 Å². The topological polar surface area (TPSA) is 3.24 Å². The van der Waals surface area contributed by atoms with Gasteiger partial charge in [0.2, 0.25) is 0 Å². The van der Waals surface area contributed by atoms with Gasteiger partial charge in [-0.25, -0.2) is 0 Å². The third kappa shape index (κ3) is 2.87. The Labute approximate surface area is 160 Å². The molecular weight excluding hydrogens is 458 g/mol. The Morgan fingerprint density at radius 2 is 1.40 bits per heavy atom. The lowest BCUT2D eigenvalue weighted by atomic mass is 10.1. The van der Waals surface area contributed by atoms with Crippen molar-refractivity contribution in [1.29, 1.82) is 0 Å². The maximum absolute atomic E-state index is 13.4. The summed E-state index contributed by atoms with van der Waals surface area (Å²) in [6.07, 6.45) is -4.39. The molecule has 0 saturated heterocycles. The Hall–Kier alpha value is -1.80. The van der Waals surface area contributed by atoms with Gasteiger partial charge in [0.25, 0.3) is 0 Å². The summed E-state index contributed by atoms with van der Waals surface area (Å²) in [5, 5.41) is 2.18. The number of hydrogen-bond donors (Lipinski definition) is 0. The summed E-state index contributed by atoms with van der Waals surface area (Å²) in [7, 11) is 0. The van der Waals surface area contributed by atoms with Gasteiger partial charge in [-0.15, -0.1) is 11.3 Å². The predicted molar refractivity (Wildman–Crippen MR) is 107 cm³/mol. The molecule has 1 heterocycles. The second-order valence-corrected chi connectivity index (χ2v) is 7.56. The second kappa shape index (κ2) is 6.17. The molecule has 0 bridgehead atoms. The summed E-state index contributed by atoms with van der Waals surface area (Å²) in [6, 6.07) is 19.4. The molecule has 0 atom stereocenters. The van der Waals surface area contributed by atoms with Gasteiger partial charge in [0.1, 0.15) is 0 Å². The van der Waals surface area contributed by atoms with Crippen molar-refractivity contribution in [2.75, 3.05) is 3.11 Å². The Kier molecular flexibility index (Phi) is 4.11. The molecule has 0 aliphatic heterocycles. The Balaban J connectivity index is 1.94. The van der Waals surface area contributed by atoms with Crippen LogP contribution < -0.4 is 3.11 Å². The van der Waals surface area contributed by atoms with E-state index in [1.165, 1.54) is 12.1 Å². The van der Waals surface area contributed by atoms with Crippen LogP contribution in [0, 0.1) is 0 Å². The fourth-order valence-electron chi connectivity index (χ4n) is 2.90. The number of anilines is 2. The molecule has 1 aromatic heterocycles. The summed E-state index contributed by atoms with van der Waals surface area (Å²) >= 11 is 3.55. The molecule has 0 unspecified atom stereocenters. The Morgan fingerprint density at radius 3 is 2.20 bits per heavy atom. The Bertz CT molecular complexity index is 1070. The number of rotatable bonds is 2. The molecular formula is C19H11F3INS. The monoisotopic (exact) mass is 469 g/mol. The van der Waals surface area contributed by atoms with Crippen LogP contribution in [-0.2, 0) is 6.18 Å². The van der Waals surface area contributed by atoms with E-state index in [1.54, 1.807) is 20.5 Å². The van der Waals surface area contributed by atoms with Crippen LogP contribution in [0.1, 0.15) is 5.56 Å². The number of alkyl halides is 3. The largest absolute Gasteiger partial charge is 0.418 e. The van der Waals surface area contributed by atoms with Crippen LogP contribution in [0.5, 0.6) is 0 Å². The van der Waals surface area contributed by atoms with Crippen molar-refractivity contribution in [3.8, 4) is 0 Å². The highest BCUT2D eigenvalue weighted by molar-refractivity contribution is 14.1. The van der Waals surface area contributed by atoms with Gasteiger partial charge >= 0.3 is 6.18 Å². The van der Waals surface area contributed by atoms with Crippen LogP contribution in [0.4, 0.5) is 24.5 Å². The molecule has 1 nitrogen and oxygen atoms in total. The first kappa shape index (κ1) is 16.7. The highest BCUT2D eigenvalue weighted by Gasteiger charge is 2.34. The van der Waals surface area contributed by atoms with Gasteiger partial charge in [-0.1, -0.05) is 42.5 Å². The number of benzene rings is 3. The lowest BCUT2D eigenvalue weighted by Crippen LogP contribution is -2.12. The smallest absolute Gasteiger partial charge is 0.281 e. The minimum absolute atomic E-state index is 0.139. The van der Waals surface area contributed by atoms with Crippen LogP contribution in [0.25, 0.3) is 20.2 Å². The van der Waals surface area contributed by atoms with Gasteiger partial charge in [-0.05, 0) is 24.3 Å². The van der Waals surface area contributed by atoms with Crippen molar-refractivity contribution in [1.82, 2.24) is 0 Å². The third-order valence-electron chi connectivity index (χ3n) is 4.02. The van der Waals surface area contributed by atoms with E-state index in [0.29, 0.717) is 0 Å². The van der Waals surface area contributed by atoms with Gasteiger partial charge in [0, 0.05) is 15.5 Å². The molecule has 0 aliphatic carbocycles. The highest BCUT2D eigenvalue weighted by Crippen LogP contribution is 2.45. The summed E-state index contributed by atoms with van der Waals surface area (Å²) < 4.78 is 43.8. The normalized spacial score (nSPS) is 12.0. The van der Waals surface area contributed by atoms with Crippen LogP contribution in [0.3, 0.4) is 0 Å². The maximum Gasteiger partial charge on any atom is 0.418 e. The fraction of sp³-hybridized carbons (Fsp3) is 0.0526. The van der Waals surface area contributed by atoms with Crippen molar-refractivity contribution in [2.24, 2.45) is 0 Å². The van der Waals surface area contributed by atoms with Gasteiger partial charge in [0.15, 0.2) is 0 Å². The van der Waals surface area contributed by atoms with Crippen molar-refractivity contribution in [2.45, 2.75) is 6.18 Å². The van der Waals surface area contributed by atoms with Crippen molar-refractivity contribution < 1.29 is 13.2 Å². The van der Waals surface area contributed by atoms with Gasteiger partial charge in [0.05, 0.1) is 44.5 Å². The minimum atomic E-state index is -4.39. The summed E-state index contributed by atoms with van der Waals surface area (Å²) in [6.45, 7) is 0. The minimum Gasteiger partial charge on any atom is -0.281 e. The number of fused-ring (bicyclic) bond motifs is 3. The fourth-order valence-corrected chi connectivity index (χ4v) is 5.09. The van der Waals surface area contributed by atoms with Gasteiger partial charge in [-0.3, -0.25) is 3.11 Å². The molecule has 3 aromatic carbocycles. The third-order valence-corrected chi connectivity index (χ3v) is 6.26. The average Bonchev–Trinajstić information content (AvgIpc) is 2.99. The van der Waals surface area contributed by atoms with Crippen molar-refractivity contribution in [3.63, 3.8) is 0 Å². The number of thiophene rings is 1. The Morgan fingerprint density at radius 1 is 0.760 bits per heavy atom. The molecule has 25 heavy (non-hydrogen) atoms. The van der Waals surface area contributed by atoms with Crippen LogP contribution in [0.15, 0.2) is 66.7 Å². The van der Waals surface area contributed by atoms with Crippen LogP contribution in [0.2, 0.25) is 0 Å². The van der Waals surface area contributed by atoms with E-state index in [0.717, 1.165) is 31.9 Å². The molecule has 0 spiro atoms. The van der Waals surface area contributed by atoms with E-state index in [2.05, 4.69) is 0 Å². The zero-order valence-corrected chi connectivity index (χ0v) is 15.7. The van der Waals surface area contributed by atoms with E-state index in [4.69, 9.17) is 0 Å². The number of nitrogens with zero attached hydrogens (tertiary/aromatic N) is 1. The predicted octanol–water partition coefficient (Wildman–Crippen LogP) is 7.56. The van der Waals surface area contributed by atoms with E-state index in [-0.39, 0.29) is 5.69 Å². The molecule has 0 aliphatic rings. The first-order valence-electron chi connectivity index (χ1n) is 7.49. The molecule has 0 N–H and O–H groups in total. The first-order chi connectivity index (χ1) is 12.0. The van der Waals surface area contributed by atoms with Crippen LogP contribution in [-0.4, -0.2) is 0 Å². The SMILES string of the molecule is FC(F)(F)c1ccccc1N(I)c1cccc2c1sc1ccccc12. The molecule has 0 radical (unpaired) electrons. The van der Waals surface area contributed by atoms with Gasteiger partial charge in [-0.2, -0.15) is 13.2 Å². The van der Waals surface area contributed by atoms with Crippen molar-refractivity contribution >= 4 is 65.7 Å². The summed E-state index contributed by atoms with van der Waals surface area (Å²) in [5.74, 6) is 0.